The number of nitrogens with one attached hydrogen (secondary N) is 2. The second-order valence-corrected chi connectivity index (χ2v) is 6.04. The van der Waals surface area contributed by atoms with Gasteiger partial charge in [0.15, 0.2) is 5.13 Å². The molecule has 0 bridgehead atoms. The van der Waals surface area contributed by atoms with Gasteiger partial charge in [0.25, 0.3) is 0 Å². The molecule has 112 valence electrons. The van der Waals surface area contributed by atoms with Gasteiger partial charge < -0.3 is 15.7 Å². The maximum atomic E-state index is 10.8. The van der Waals surface area contributed by atoms with Crippen molar-refractivity contribution in [1.29, 1.82) is 0 Å². The molecular formula is C12H10N6O2S2. The number of aromatic carboxylic acids is 1. The Balaban J connectivity index is 1.66. The van der Waals surface area contributed by atoms with Crippen LogP contribution < -0.4 is 10.6 Å². The molecule has 0 aliphatic rings. The molecule has 3 N–H and O–H groups in total. The SMILES string of the molecule is O=C(O)c1cnc(Nc2cc(NCc3nccs3)ncn2)s1. The molecule has 8 nitrogen and oxygen atoms in total. The van der Waals surface area contributed by atoms with Gasteiger partial charge in [0.2, 0.25) is 0 Å². The summed E-state index contributed by atoms with van der Waals surface area (Å²) in [6.07, 6.45) is 4.47. The molecule has 10 heteroatoms. The molecule has 0 saturated heterocycles. The van der Waals surface area contributed by atoms with Gasteiger partial charge in [0, 0.05) is 17.6 Å². The van der Waals surface area contributed by atoms with E-state index in [9.17, 15) is 4.79 Å². The third-order valence-electron chi connectivity index (χ3n) is 2.52. The minimum Gasteiger partial charge on any atom is -0.477 e. The largest absolute Gasteiger partial charge is 0.477 e. The standard InChI is InChI=1S/C12H10N6O2S2/c19-11(20)7-4-15-12(22-7)18-9-3-8(16-6-17-9)14-5-10-13-1-2-21-10/h1-4,6H,5H2,(H,19,20)(H2,14,15,16,17,18). The number of hydrogen-bond donors (Lipinski definition) is 3. The minimum absolute atomic E-state index is 0.165. The number of carbonyl (C=O) groups is 1. The summed E-state index contributed by atoms with van der Waals surface area (Å²) in [5.41, 5.74) is 0. The number of rotatable bonds is 6. The Morgan fingerprint density at radius 1 is 1.23 bits per heavy atom. The number of nitrogens with zero attached hydrogens (tertiary/aromatic N) is 4. The molecule has 0 radical (unpaired) electrons. The average Bonchev–Trinajstić information content (AvgIpc) is 3.17. The van der Waals surface area contributed by atoms with Gasteiger partial charge in [-0.3, -0.25) is 0 Å². The van der Waals surface area contributed by atoms with Gasteiger partial charge in [-0.05, 0) is 0 Å². The van der Waals surface area contributed by atoms with E-state index in [4.69, 9.17) is 5.11 Å². The summed E-state index contributed by atoms with van der Waals surface area (Å²) in [4.78, 5) is 27.3. The Kier molecular flexibility index (Phi) is 4.21. The second-order valence-electron chi connectivity index (χ2n) is 4.03. The monoisotopic (exact) mass is 334 g/mol. The van der Waals surface area contributed by atoms with Crippen LogP contribution in [0.1, 0.15) is 14.7 Å². The second kappa shape index (κ2) is 6.45. The molecule has 0 aliphatic heterocycles. The van der Waals surface area contributed by atoms with Gasteiger partial charge in [-0.1, -0.05) is 11.3 Å². The Bertz CT molecular complexity index is 774. The lowest BCUT2D eigenvalue weighted by atomic mass is 10.5. The third-order valence-corrected chi connectivity index (χ3v) is 4.20. The molecule has 0 spiro atoms. The topological polar surface area (TPSA) is 113 Å². The molecule has 0 fully saturated rings. The molecule has 0 aromatic carbocycles. The number of thiazole rings is 2. The minimum atomic E-state index is -1.00. The van der Waals surface area contributed by atoms with Crippen LogP contribution in [0.2, 0.25) is 0 Å². The van der Waals surface area contributed by atoms with Crippen LogP contribution in [0.3, 0.4) is 0 Å². The fourth-order valence-electron chi connectivity index (χ4n) is 1.57. The Hall–Kier alpha value is -2.59. The average molecular weight is 334 g/mol. The molecule has 3 heterocycles. The number of carboxylic acids is 1. The van der Waals surface area contributed by atoms with E-state index in [1.54, 1.807) is 23.6 Å². The van der Waals surface area contributed by atoms with Crippen molar-refractivity contribution in [2.24, 2.45) is 0 Å². The zero-order valence-corrected chi connectivity index (χ0v) is 12.7. The summed E-state index contributed by atoms with van der Waals surface area (Å²) in [6, 6.07) is 1.72. The molecule has 22 heavy (non-hydrogen) atoms. The molecule has 0 unspecified atom stereocenters. The van der Waals surface area contributed by atoms with E-state index in [-0.39, 0.29) is 4.88 Å². The van der Waals surface area contributed by atoms with E-state index in [0.717, 1.165) is 16.3 Å². The molecule has 3 rings (SSSR count). The number of aromatic nitrogens is 4. The van der Waals surface area contributed by atoms with Gasteiger partial charge in [-0.15, -0.1) is 11.3 Å². The highest BCUT2D eigenvalue weighted by Gasteiger charge is 2.09. The maximum absolute atomic E-state index is 10.8. The fraction of sp³-hybridized carbons (Fsp3) is 0.0833. The Morgan fingerprint density at radius 3 is 2.82 bits per heavy atom. The highest BCUT2D eigenvalue weighted by Crippen LogP contribution is 2.22. The summed E-state index contributed by atoms with van der Waals surface area (Å²) in [6.45, 7) is 0.578. The maximum Gasteiger partial charge on any atom is 0.347 e. The number of hydrogen-bond acceptors (Lipinski definition) is 9. The van der Waals surface area contributed by atoms with Crippen molar-refractivity contribution in [3.63, 3.8) is 0 Å². The van der Waals surface area contributed by atoms with E-state index in [1.165, 1.54) is 12.5 Å². The van der Waals surface area contributed by atoms with Crippen molar-refractivity contribution in [2.45, 2.75) is 6.54 Å². The highest BCUT2D eigenvalue weighted by molar-refractivity contribution is 7.17. The molecule has 0 amide bonds. The van der Waals surface area contributed by atoms with Crippen LogP contribution in [0.4, 0.5) is 16.8 Å². The van der Waals surface area contributed by atoms with Crippen LogP contribution in [0.15, 0.2) is 30.2 Å². The lowest BCUT2D eigenvalue weighted by molar-refractivity contribution is 0.0702. The van der Waals surface area contributed by atoms with Crippen LogP contribution in [0.25, 0.3) is 0 Å². The van der Waals surface area contributed by atoms with Crippen molar-refractivity contribution >= 4 is 45.4 Å². The van der Waals surface area contributed by atoms with Gasteiger partial charge >= 0.3 is 5.97 Å². The van der Waals surface area contributed by atoms with Crippen molar-refractivity contribution in [3.05, 3.63) is 40.1 Å². The van der Waals surface area contributed by atoms with Crippen molar-refractivity contribution in [3.8, 4) is 0 Å². The van der Waals surface area contributed by atoms with Crippen LogP contribution in [0.5, 0.6) is 0 Å². The van der Waals surface area contributed by atoms with Gasteiger partial charge in [0.05, 0.1) is 12.7 Å². The molecule has 0 atom stereocenters. The molecular weight excluding hydrogens is 324 g/mol. The molecule has 3 aromatic rings. The van der Waals surface area contributed by atoms with Gasteiger partial charge in [0.1, 0.15) is 27.8 Å². The summed E-state index contributed by atoms with van der Waals surface area (Å²) >= 11 is 2.60. The molecule has 3 aromatic heterocycles. The summed E-state index contributed by atoms with van der Waals surface area (Å²) in [7, 11) is 0. The normalized spacial score (nSPS) is 10.4. The van der Waals surface area contributed by atoms with E-state index in [2.05, 4.69) is 30.6 Å². The van der Waals surface area contributed by atoms with Crippen LogP contribution in [-0.2, 0) is 6.54 Å². The van der Waals surface area contributed by atoms with E-state index in [0.29, 0.717) is 23.3 Å². The predicted molar refractivity (Wildman–Crippen MR) is 83.8 cm³/mol. The van der Waals surface area contributed by atoms with E-state index >= 15 is 0 Å². The first kappa shape index (κ1) is 14.4. The first-order valence-electron chi connectivity index (χ1n) is 6.11. The lowest BCUT2D eigenvalue weighted by Gasteiger charge is -2.05. The quantitative estimate of drug-likeness (QED) is 0.630. The Labute approximate surface area is 132 Å². The van der Waals surface area contributed by atoms with Crippen LogP contribution >= 0.6 is 22.7 Å². The van der Waals surface area contributed by atoms with Gasteiger partial charge in [-0.25, -0.2) is 24.7 Å². The summed E-state index contributed by atoms with van der Waals surface area (Å²) in [5.74, 6) is 0.171. The van der Waals surface area contributed by atoms with Crippen molar-refractivity contribution < 1.29 is 9.90 Å². The fourth-order valence-corrected chi connectivity index (χ4v) is 2.79. The summed E-state index contributed by atoms with van der Waals surface area (Å²) in [5, 5.41) is 18.3. The zero-order valence-electron chi connectivity index (χ0n) is 11.1. The van der Waals surface area contributed by atoms with Crippen LogP contribution in [0, 0.1) is 0 Å². The van der Waals surface area contributed by atoms with Crippen LogP contribution in [-0.4, -0.2) is 31.0 Å². The molecule has 0 aliphatic carbocycles. The third kappa shape index (κ3) is 3.54. The van der Waals surface area contributed by atoms with Gasteiger partial charge in [-0.2, -0.15) is 0 Å². The smallest absolute Gasteiger partial charge is 0.347 e. The van der Waals surface area contributed by atoms with E-state index in [1.807, 2.05) is 5.38 Å². The predicted octanol–water partition coefficient (Wildman–Crippen LogP) is 2.44. The zero-order chi connectivity index (χ0) is 15.4. The first-order chi connectivity index (χ1) is 10.7. The first-order valence-corrected chi connectivity index (χ1v) is 7.81. The van der Waals surface area contributed by atoms with E-state index < -0.39 is 5.97 Å². The van der Waals surface area contributed by atoms with Crippen molar-refractivity contribution in [1.82, 2.24) is 19.9 Å². The van der Waals surface area contributed by atoms with Crippen molar-refractivity contribution in [2.75, 3.05) is 10.6 Å². The number of carboxylic acid groups (broad SMARTS) is 1. The lowest BCUT2D eigenvalue weighted by Crippen LogP contribution is -2.02. The highest BCUT2D eigenvalue weighted by atomic mass is 32.1. The Morgan fingerprint density at radius 2 is 2.09 bits per heavy atom. The summed E-state index contributed by atoms with van der Waals surface area (Å²) < 4.78 is 0. The molecule has 0 saturated carbocycles. The number of anilines is 3.